The molecular weight excluding hydrogens is 465 g/mol. The Bertz CT molecular complexity index is 915. The van der Waals surface area contributed by atoms with E-state index in [1.165, 1.54) is 41.8 Å². The third-order valence-corrected chi connectivity index (χ3v) is 7.18. The first kappa shape index (κ1) is 27.1. The third-order valence-electron chi connectivity index (χ3n) is 7.18. The molecule has 5 rings (SSSR count). The Morgan fingerprint density at radius 3 is 2.62 bits per heavy atom. The van der Waals surface area contributed by atoms with Crippen LogP contribution in [0.1, 0.15) is 68.3 Å². The van der Waals surface area contributed by atoms with Gasteiger partial charge in [0, 0.05) is 41.5 Å². The van der Waals surface area contributed by atoms with Crippen molar-refractivity contribution in [1.82, 2.24) is 20.6 Å². The van der Waals surface area contributed by atoms with Crippen LogP contribution >= 0.6 is 37.2 Å². The van der Waals surface area contributed by atoms with Crippen molar-refractivity contribution in [2.75, 3.05) is 24.5 Å². The van der Waals surface area contributed by atoms with E-state index in [1.54, 1.807) is 11.9 Å². The SMILES string of the molecule is CC(C)NCc1cccc2c1C1(CCNCC1)CN2c1ncnc2c1C(C)CC2.Cl.Cl.Cl. The van der Waals surface area contributed by atoms with Crippen LogP contribution in [0.4, 0.5) is 11.5 Å². The Balaban J connectivity index is 0.00000121. The number of nitrogens with one attached hydrogen (secondary N) is 2. The minimum atomic E-state index is 0. The number of aryl methyl sites for hydroxylation is 1. The van der Waals surface area contributed by atoms with Gasteiger partial charge in [-0.2, -0.15) is 0 Å². The molecule has 2 aromatic rings. The highest BCUT2D eigenvalue weighted by atomic mass is 35.5. The van der Waals surface area contributed by atoms with Crippen molar-refractivity contribution in [2.24, 2.45) is 0 Å². The standard InChI is InChI=1S/C24H33N5.3ClH/c1-16(2)26-13-18-5-4-6-20-22(18)24(9-11-25-12-10-24)14-29(20)23-21-17(3)7-8-19(21)27-15-28-23;;;/h4-6,15-17,25-26H,7-14H2,1-3H3;3*1H. The lowest BCUT2D eigenvalue weighted by molar-refractivity contribution is 0.326. The number of rotatable bonds is 4. The number of fused-ring (bicyclic) bond motifs is 3. The summed E-state index contributed by atoms with van der Waals surface area (Å²) in [5.41, 5.74) is 7.25. The largest absolute Gasteiger partial charge is 0.325 e. The van der Waals surface area contributed by atoms with Crippen molar-refractivity contribution in [3.8, 4) is 0 Å². The Morgan fingerprint density at radius 2 is 1.91 bits per heavy atom. The highest BCUT2D eigenvalue weighted by Gasteiger charge is 2.46. The van der Waals surface area contributed by atoms with Crippen LogP contribution in [0.15, 0.2) is 24.5 Å². The number of benzene rings is 1. The molecule has 0 radical (unpaired) electrons. The van der Waals surface area contributed by atoms with Crippen molar-refractivity contribution in [3.63, 3.8) is 0 Å². The number of anilines is 2. The first-order valence-electron chi connectivity index (χ1n) is 11.3. The Hall–Kier alpha value is -1.11. The van der Waals surface area contributed by atoms with Gasteiger partial charge in [-0.1, -0.05) is 32.9 Å². The maximum atomic E-state index is 4.85. The monoisotopic (exact) mass is 499 g/mol. The van der Waals surface area contributed by atoms with Crippen molar-refractivity contribution < 1.29 is 0 Å². The van der Waals surface area contributed by atoms with Crippen LogP contribution in [-0.2, 0) is 18.4 Å². The van der Waals surface area contributed by atoms with Crippen LogP contribution in [0.25, 0.3) is 0 Å². The molecule has 2 N–H and O–H groups in total. The quantitative estimate of drug-likeness (QED) is 0.614. The second-order valence-corrected chi connectivity index (χ2v) is 9.46. The summed E-state index contributed by atoms with van der Waals surface area (Å²) in [6.45, 7) is 10.9. The molecule has 5 nitrogen and oxygen atoms in total. The molecule has 8 heteroatoms. The van der Waals surface area contributed by atoms with E-state index in [1.807, 2.05) is 0 Å². The molecule has 3 heterocycles. The molecule has 1 saturated heterocycles. The zero-order valence-electron chi connectivity index (χ0n) is 19.2. The molecule has 178 valence electrons. The highest BCUT2D eigenvalue weighted by Crippen LogP contribution is 2.51. The first-order chi connectivity index (χ1) is 14.1. The van der Waals surface area contributed by atoms with Crippen molar-refractivity contribution >= 4 is 48.7 Å². The smallest absolute Gasteiger partial charge is 0.140 e. The first-order valence-corrected chi connectivity index (χ1v) is 11.3. The maximum Gasteiger partial charge on any atom is 0.140 e. The normalized spacial score (nSPS) is 20.2. The summed E-state index contributed by atoms with van der Waals surface area (Å²) in [6.07, 6.45) is 6.44. The van der Waals surface area contributed by atoms with Gasteiger partial charge in [0.1, 0.15) is 12.1 Å². The van der Waals surface area contributed by atoms with Gasteiger partial charge in [-0.3, -0.25) is 0 Å². The van der Waals surface area contributed by atoms with Crippen LogP contribution in [0, 0.1) is 0 Å². The fraction of sp³-hybridized carbons (Fsp3) is 0.583. The lowest BCUT2D eigenvalue weighted by Gasteiger charge is -2.36. The van der Waals surface area contributed by atoms with E-state index < -0.39 is 0 Å². The summed E-state index contributed by atoms with van der Waals surface area (Å²) in [7, 11) is 0. The lowest BCUT2D eigenvalue weighted by atomic mass is 9.73. The summed E-state index contributed by atoms with van der Waals surface area (Å²) in [4.78, 5) is 12.0. The average molecular weight is 501 g/mol. The van der Waals surface area contributed by atoms with E-state index in [0.29, 0.717) is 12.0 Å². The predicted molar refractivity (Wildman–Crippen MR) is 140 cm³/mol. The summed E-state index contributed by atoms with van der Waals surface area (Å²) in [6, 6.07) is 7.36. The van der Waals surface area contributed by atoms with Gasteiger partial charge in [-0.05, 0) is 61.9 Å². The lowest BCUT2D eigenvalue weighted by Crippen LogP contribution is -2.43. The van der Waals surface area contributed by atoms with Gasteiger partial charge < -0.3 is 15.5 Å². The molecule has 1 spiro atoms. The Kier molecular flexibility index (Phi) is 9.22. The van der Waals surface area contributed by atoms with E-state index in [-0.39, 0.29) is 42.6 Å². The minimum absolute atomic E-state index is 0. The van der Waals surface area contributed by atoms with E-state index in [2.05, 4.69) is 59.5 Å². The van der Waals surface area contributed by atoms with E-state index in [9.17, 15) is 0 Å². The number of halogens is 3. The molecule has 1 fully saturated rings. The van der Waals surface area contributed by atoms with Gasteiger partial charge in [-0.25, -0.2) is 9.97 Å². The van der Waals surface area contributed by atoms with Gasteiger partial charge >= 0.3 is 0 Å². The molecule has 32 heavy (non-hydrogen) atoms. The van der Waals surface area contributed by atoms with Crippen LogP contribution in [0.5, 0.6) is 0 Å². The molecule has 2 aliphatic heterocycles. The topological polar surface area (TPSA) is 53.1 Å². The molecule has 1 aromatic carbocycles. The maximum absolute atomic E-state index is 4.85. The predicted octanol–water partition coefficient (Wildman–Crippen LogP) is 5.06. The Morgan fingerprint density at radius 1 is 1.16 bits per heavy atom. The van der Waals surface area contributed by atoms with Crippen LogP contribution in [0.2, 0.25) is 0 Å². The molecule has 1 aliphatic carbocycles. The molecule has 0 saturated carbocycles. The number of piperidine rings is 1. The van der Waals surface area contributed by atoms with Crippen molar-refractivity contribution in [1.29, 1.82) is 0 Å². The van der Waals surface area contributed by atoms with E-state index >= 15 is 0 Å². The van der Waals surface area contributed by atoms with Crippen LogP contribution < -0.4 is 15.5 Å². The second kappa shape index (κ2) is 10.9. The molecule has 1 atom stereocenters. The molecule has 1 aromatic heterocycles. The summed E-state index contributed by atoms with van der Waals surface area (Å²) in [5, 5.41) is 7.24. The number of hydrogen-bond acceptors (Lipinski definition) is 5. The second-order valence-electron chi connectivity index (χ2n) is 9.46. The molecule has 1 unspecified atom stereocenters. The van der Waals surface area contributed by atoms with Crippen molar-refractivity contribution in [3.05, 3.63) is 46.9 Å². The van der Waals surface area contributed by atoms with Crippen LogP contribution in [0.3, 0.4) is 0 Å². The van der Waals surface area contributed by atoms with Gasteiger partial charge in [-0.15, -0.1) is 37.2 Å². The van der Waals surface area contributed by atoms with Gasteiger partial charge in [0.05, 0.1) is 0 Å². The molecule has 0 amide bonds. The summed E-state index contributed by atoms with van der Waals surface area (Å²) < 4.78 is 0. The fourth-order valence-corrected chi connectivity index (χ4v) is 5.69. The minimum Gasteiger partial charge on any atom is -0.325 e. The number of aromatic nitrogens is 2. The van der Waals surface area contributed by atoms with Gasteiger partial charge in [0.15, 0.2) is 0 Å². The third kappa shape index (κ3) is 4.60. The summed E-state index contributed by atoms with van der Waals surface area (Å²) in [5.74, 6) is 1.70. The van der Waals surface area contributed by atoms with Gasteiger partial charge in [0.2, 0.25) is 0 Å². The number of nitrogens with zero attached hydrogens (tertiary/aromatic N) is 3. The Labute approximate surface area is 210 Å². The zero-order chi connectivity index (χ0) is 20.0. The van der Waals surface area contributed by atoms with Crippen LogP contribution in [-0.4, -0.2) is 35.6 Å². The molecule has 0 bridgehead atoms. The fourth-order valence-electron chi connectivity index (χ4n) is 5.69. The average Bonchev–Trinajstić information content (AvgIpc) is 3.26. The highest BCUT2D eigenvalue weighted by molar-refractivity contribution is 5.86. The van der Waals surface area contributed by atoms with Crippen molar-refractivity contribution in [2.45, 2.75) is 70.4 Å². The zero-order valence-corrected chi connectivity index (χ0v) is 21.6. The van der Waals surface area contributed by atoms with E-state index in [0.717, 1.165) is 38.4 Å². The molecule has 3 aliphatic rings. The molecular formula is C24H36Cl3N5. The number of hydrogen-bond donors (Lipinski definition) is 2. The summed E-state index contributed by atoms with van der Waals surface area (Å²) >= 11 is 0. The van der Waals surface area contributed by atoms with Gasteiger partial charge in [0.25, 0.3) is 0 Å². The van der Waals surface area contributed by atoms with E-state index in [4.69, 9.17) is 4.98 Å².